The van der Waals surface area contributed by atoms with E-state index in [9.17, 15) is 0 Å². The predicted molar refractivity (Wildman–Crippen MR) is 61.6 cm³/mol. The Labute approximate surface area is 180 Å². The van der Waals surface area contributed by atoms with Crippen molar-refractivity contribution in [2.45, 2.75) is 34.6 Å². The molecule has 0 fully saturated rings. The van der Waals surface area contributed by atoms with E-state index in [1.165, 1.54) is 0 Å². The normalized spacial score (nSPS) is 5.29. The van der Waals surface area contributed by atoms with Crippen LogP contribution in [0.1, 0.15) is 34.6 Å². The first-order chi connectivity index (χ1) is 7.07. The van der Waals surface area contributed by atoms with Crippen LogP contribution in [0.5, 0.6) is 0 Å². The van der Waals surface area contributed by atoms with Gasteiger partial charge in [-0.25, -0.2) is 0 Å². The summed E-state index contributed by atoms with van der Waals surface area (Å²) in [4.78, 5) is 0. The molecule has 5 nitrogen and oxygen atoms in total. The van der Waals surface area contributed by atoms with Crippen LogP contribution in [0.4, 0.5) is 0 Å². The molecule has 0 aliphatic rings. The first-order valence-electron chi connectivity index (χ1n) is 5.09. The Balaban J connectivity index is -0.0000000143. The maximum atomic E-state index is 8.93. The Morgan fingerprint density at radius 1 is 0.647 bits per heavy atom. The predicted octanol–water partition coefficient (Wildman–Crippen LogP) is -3.64. The monoisotopic (exact) mass is 546 g/mol. The Hall–Kier alpha value is 2.54. The van der Waals surface area contributed by atoms with E-state index in [-0.39, 0.29) is 123 Å². The maximum Gasteiger partial charge on any atom is 1.00 e. The van der Waals surface area contributed by atoms with Crippen LogP contribution < -0.4 is 74.0 Å². The molecule has 17 heavy (non-hydrogen) atoms. The van der Waals surface area contributed by atoms with Crippen molar-refractivity contribution < 1.29 is 115 Å². The molecule has 0 aliphatic heterocycles. The molecule has 0 spiro atoms. The van der Waals surface area contributed by atoms with Gasteiger partial charge in [-0.2, -0.15) is 0 Å². The van der Waals surface area contributed by atoms with E-state index in [0.717, 1.165) is 0 Å². The smallest absolute Gasteiger partial charge is 0.855 e. The van der Waals surface area contributed by atoms with Crippen molar-refractivity contribution in [1.29, 1.82) is 0 Å². The minimum Gasteiger partial charge on any atom is -0.855 e. The molecule has 7 heteroatoms. The van der Waals surface area contributed by atoms with Gasteiger partial charge in [0.05, 0.1) is 0 Å². The zero-order valence-corrected chi connectivity index (χ0v) is 21.4. The van der Waals surface area contributed by atoms with Crippen LogP contribution in [0, 0.1) is 0 Å². The Morgan fingerprint density at radius 3 is 0.647 bits per heavy atom. The fourth-order valence-electron chi connectivity index (χ4n) is 0. The van der Waals surface area contributed by atoms with Crippen LogP contribution in [0.3, 0.4) is 0 Å². The number of aliphatic hydroxyl groups excluding tert-OH is 4. The van der Waals surface area contributed by atoms with E-state index in [1.54, 1.807) is 34.6 Å². The summed E-state index contributed by atoms with van der Waals surface area (Å²) in [6.45, 7) is 9.29. The van der Waals surface area contributed by atoms with Crippen LogP contribution in [0.2, 0.25) is 0 Å². The second-order valence-corrected chi connectivity index (χ2v) is 1.55. The van der Waals surface area contributed by atoms with Gasteiger partial charge in [0.15, 0.2) is 0 Å². The Bertz CT molecular complexity index is 36.3. The summed E-state index contributed by atoms with van der Waals surface area (Å²) in [5, 5.41) is 39.2. The first kappa shape index (κ1) is 42.7. The summed E-state index contributed by atoms with van der Waals surface area (Å²) in [7, 11) is 0. The molecule has 0 radical (unpaired) electrons. The quantitative estimate of drug-likeness (QED) is 0.251. The van der Waals surface area contributed by atoms with Crippen LogP contribution in [-0.4, -0.2) is 53.5 Å². The van der Waals surface area contributed by atoms with Gasteiger partial charge in [-0.05, 0) is 27.7 Å². The number of aliphatic hydroxyl groups is 4. The SMILES string of the molecule is CCO.CCO.CCO.CCO.CC[O-].[Cs+].[W]. The van der Waals surface area contributed by atoms with Gasteiger partial charge >= 0.3 is 68.9 Å². The van der Waals surface area contributed by atoms with Gasteiger partial charge in [-0.1, -0.05) is 6.92 Å². The molecule has 0 saturated carbocycles. The van der Waals surface area contributed by atoms with Crippen LogP contribution in [0.25, 0.3) is 0 Å². The molecule has 0 rings (SSSR count). The molecule has 0 aliphatic carbocycles. The third-order valence-corrected chi connectivity index (χ3v) is 0. The number of rotatable bonds is 0. The zero-order chi connectivity index (χ0) is 13.5. The molecule has 0 unspecified atom stereocenters. The minimum atomic E-state index is 0. The van der Waals surface area contributed by atoms with Gasteiger partial charge in [0.1, 0.15) is 0 Å². The summed E-state index contributed by atoms with van der Waals surface area (Å²) < 4.78 is 0. The average molecular weight is 546 g/mol. The molecule has 106 valence electrons. The molecule has 0 aromatic carbocycles. The van der Waals surface area contributed by atoms with E-state index >= 15 is 0 Å². The fourth-order valence-corrected chi connectivity index (χ4v) is 0. The van der Waals surface area contributed by atoms with E-state index in [4.69, 9.17) is 25.5 Å². The molecule has 0 heterocycles. The van der Waals surface area contributed by atoms with Crippen molar-refractivity contribution in [3.05, 3.63) is 0 Å². The van der Waals surface area contributed by atoms with Crippen LogP contribution in [0.15, 0.2) is 0 Å². The second-order valence-electron chi connectivity index (χ2n) is 1.55. The summed E-state index contributed by atoms with van der Waals surface area (Å²) in [5.74, 6) is 0. The van der Waals surface area contributed by atoms with E-state index < -0.39 is 0 Å². The Morgan fingerprint density at radius 2 is 0.647 bits per heavy atom. The standard InChI is InChI=1S/4C2H6O.C2H5O.Cs.W/c5*1-2-3;;/h4*3H,2H2,1H3;2H2,1H3;;/q;;;;-1;+1;. The van der Waals surface area contributed by atoms with Crippen LogP contribution in [-0.2, 0) is 21.1 Å². The summed E-state index contributed by atoms with van der Waals surface area (Å²) in [5.41, 5.74) is 0. The number of hydrogen-bond acceptors (Lipinski definition) is 5. The molecular weight excluding hydrogens is 517 g/mol. The largest absolute Gasteiger partial charge is 1.00 e. The topological polar surface area (TPSA) is 104 Å². The third-order valence-electron chi connectivity index (χ3n) is 0. The van der Waals surface area contributed by atoms with E-state index in [2.05, 4.69) is 0 Å². The summed E-state index contributed by atoms with van der Waals surface area (Å²) in [6.07, 6.45) is 0. The summed E-state index contributed by atoms with van der Waals surface area (Å²) >= 11 is 0. The first-order valence-corrected chi connectivity index (χ1v) is 5.09. The zero-order valence-electron chi connectivity index (χ0n) is 12.1. The van der Waals surface area contributed by atoms with Gasteiger partial charge in [-0.3, -0.25) is 0 Å². The molecule has 0 bridgehead atoms. The molecule has 0 amide bonds. The second kappa shape index (κ2) is 100. The molecule has 4 N–H and O–H groups in total. The molecule has 0 atom stereocenters. The van der Waals surface area contributed by atoms with Crippen molar-refractivity contribution >= 4 is 0 Å². The van der Waals surface area contributed by atoms with Crippen molar-refractivity contribution in [2.24, 2.45) is 0 Å². The van der Waals surface area contributed by atoms with Crippen molar-refractivity contribution in [3.8, 4) is 0 Å². The molecule has 0 aromatic rings. The van der Waals surface area contributed by atoms with Crippen molar-refractivity contribution in [2.75, 3.05) is 33.0 Å². The van der Waals surface area contributed by atoms with E-state index in [1.807, 2.05) is 0 Å². The number of hydrogen-bond donors (Lipinski definition) is 4. The van der Waals surface area contributed by atoms with Crippen molar-refractivity contribution in [3.63, 3.8) is 0 Å². The van der Waals surface area contributed by atoms with Gasteiger partial charge in [0.25, 0.3) is 0 Å². The maximum absolute atomic E-state index is 8.93. The van der Waals surface area contributed by atoms with Gasteiger partial charge in [0, 0.05) is 47.5 Å². The van der Waals surface area contributed by atoms with Gasteiger partial charge in [0.2, 0.25) is 0 Å². The third kappa shape index (κ3) is 786. The van der Waals surface area contributed by atoms with Gasteiger partial charge < -0.3 is 25.5 Å². The summed E-state index contributed by atoms with van der Waals surface area (Å²) in [6, 6.07) is 0. The molecule has 0 aromatic heterocycles. The minimum absolute atomic E-state index is 0. The van der Waals surface area contributed by atoms with Crippen LogP contribution >= 0.6 is 0 Å². The average Bonchev–Trinajstić information content (AvgIpc) is 2.09. The Kier molecular flexibility index (Phi) is 252. The van der Waals surface area contributed by atoms with Crippen molar-refractivity contribution in [1.82, 2.24) is 0 Å². The fraction of sp³-hybridized carbons (Fsp3) is 1.00. The molecular formula is C10H29CsO5W. The molecule has 0 saturated heterocycles. The van der Waals surface area contributed by atoms with Gasteiger partial charge in [-0.15, -0.1) is 6.61 Å². The van der Waals surface area contributed by atoms with E-state index in [0.29, 0.717) is 0 Å².